The molecule has 1 aliphatic rings. The predicted molar refractivity (Wildman–Crippen MR) is 74.9 cm³/mol. The molecule has 2 aromatic rings. The average molecular weight is 257 g/mol. The van der Waals surface area contributed by atoms with Crippen LogP contribution in [0.3, 0.4) is 0 Å². The summed E-state index contributed by atoms with van der Waals surface area (Å²) in [6.45, 7) is 2.90. The maximum Gasteiger partial charge on any atom is 0.220 e. The highest BCUT2D eigenvalue weighted by Gasteiger charge is 2.22. The monoisotopic (exact) mass is 257 g/mol. The second kappa shape index (κ2) is 4.58. The summed E-state index contributed by atoms with van der Waals surface area (Å²) in [5.41, 5.74) is 3.79. The van der Waals surface area contributed by atoms with Gasteiger partial charge in [-0.05, 0) is 35.1 Å². The molecule has 92 valence electrons. The van der Waals surface area contributed by atoms with Crippen molar-refractivity contribution in [2.45, 2.75) is 19.3 Å². The minimum Gasteiger partial charge on any atom is -0.355 e. The highest BCUT2D eigenvalue weighted by molar-refractivity contribution is 7.10. The summed E-state index contributed by atoms with van der Waals surface area (Å²) in [4.78, 5) is 12.5. The maximum atomic E-state index is 11.2. The molecule has 0 saturated carbocycles. The number of carbonyl (C=O) groups is 1. The summed E-state index contributed by atoms with van der Waals surface area (Å²) in [7, 11) is 0. The fourth-order valence-corrected chi connectivity index (χ4v) is 3.10. The topological polar surface area (TPSA) is 29.1 Å². The van der Waals surface area contributed by atoms with Crippen LogP contribution in [0, 0.1) is 6.92 Å². The van der Waals surface area contributed by atoms with Crippen molar-refractivity contribution in [3.63, 3.8) is 0 Å². The summed E-state index contributed by atoms with van der Waals surface area (Å²) < 4.78 is 0. The van der Waals surface area contributed by atoms with Crippen molar-refractivity contribution in [2.24, 2.45) is 0 Å². The van der Waals surface area contributed by atoms with Gasteiger partial charge >= 0.3 is 0 Å². The van der Waals surface area contributed by atoms with E-state index in [-0.39, 0.29) is 5.91 Å². The average Bonchev–Trinajstić information content (AvgIpc) is 2.98. The van der Waals surface area contributed by atoms with E-state index in [0.717, 1.165) is 6.54 Å². The smallest absolute Gasteiger partial charge is 0.220 e. The number of amides is 1. The molecule has 1 aliphatic heterocycles. The molecule has 3 heteroatoms. The Labute approximate surface area is 111 Å². The lowest BCUT2D eigenvalue weighted by atomic mass is 9.96. The number of hydrogen-bond acceptors (Lipinski definition) is 2. The molecule has 1 fully saturated rings. The molecule has 0 spiro atoms. The summed E-state index contributed by atoms with van der Waals surface area (Å²) in [6.07, 6.45) is 0.622. The van der Waals surface area contributed by atoms with Crippen LogP contribution in [-0.2, 0) is 4.79 Å². The quantitative estimate of drug-likeness (QED) is 0.878. The van der Waals surface area contributed by atoms with Gasteiger partial charge in [-0.25, -0.2) is 0 Å². The molecule has 1 amide bonds. The van der Waals surface area contributed by atoms with Gasteiger partial charge in [-0.3, -0.25) is 4.79 Å². The molecule has 0 aliphatic carbocycles. The Hall–Kier alpha value is -1.61. The number of thiophene rings is 1. The van der Waals surface area contributed by atoms with Gasteiger partial charge in [0, 0.05) is 23.8 Å². The Morgan fingerprint density at radius 2 is 2.00 bits per heavy atom. The van der Waals surface area contributed by atoms with Crippen molar-refractivity contribution in [1.82, 2.24) is 5.32 Å². The molecule has 1 atom stereocenters. The third kappa shape index (κ3) is 2.18. The molecule has 2 heterocycles. The van der Waals surface area contributed by atoms with E-state index < -0.39 is 0 Å². The number of rotatable bonds is 2. The zero-order chi connectivity index (χ0) is 12.5. The highest BCUT2D eigenvalue weighted by Crippen LogP contribution is 2.28. The van der Waals surface area contributed by atoms with Crippen molar-refractivity contribution in [3.05, 3.63) is 46.2 Å². The van der Waals surface area contributed by atoms with Crippen LogP contribution in [0.4, 0.5) is 0 Å². The fraction of sp³-hybridized carbons (Fsp3) is 0.267. The standard InChI is InChI=1S/C15H15NOS/c1-10-6-14(9-18-10)12-4-2-11(3-5-12)13-7-15(17)16-8-13/h2-6,9,13H,7-8H2,1H3,(H,16,17). The van der Waals surface area contributed by atoms with Gasteiger partial charge in [-0.15, -0.1) is 11.3 Å². The van der Waals surface area contributed by atoms with E-state index in [0.29, 0.717) is 12.3 Å². The summed E-state index contributed by atoms with van der Waals surface area (Å²) in [5.74, 6) is 0.508. The van der Waals surface area contributed by atoms with Crippen molar-refractivity contribution in [2.75, 3.05) is 6.54 Å². The van der Waals surface area contributed by atoms with Gasteiger partial charge in [0.2, 0.25) is 5.91 Å². The molecule has 1 N–H and O–H groups in total. The Balaban J connectivity index is 1.83. The van der Waals surface area contributed by atoms with Crippen LogP contribution in [0.15, 0.2) is 35.7 Å². The molecule has 1 aromatic heterocycles. The van der Waals surface area contributed by atoms with E-state index >= 15 is 0 Å². The highest BCUT2D eigenvalue weighted by atomic mass is 32.1. The molecular formula is C15H15NOS. The minimum atomic E-state index is 0.164. The van der Waals surface area contributed by atoms with E-state index in [2.05, 4.69) is 48.0 Å². The van der Waals surface area contributed by atoms with E-state index in [9.17, 15) is 4.79 Å². The lowest BCUT2D eigenvalue weighted by Crippen LogP contribution is -2.13. The van der Waals surface area contributed by atoms with Crippen molar-refractivity contribution < 1.29 is 4.79 Å². The minimum absolute atomic E-state index is 0.164. The fourth-order valence-electron chi connectivity index (χ4n) is 2.38. The molecule has 0 radical (unpaired) electrons. The van der Waals surface area contributed by atoms with Crippen molar-refractivity contribution in [1.29, 1.82) is 0 Å². The van der Waals surface area contributed by atoms with E-state index in [4.69, 9.17) is 0 Å². The van der Waals surface area contributed by atoms with Crippen molar-refractivity contribution in [3.8, 4) is 11.1 Å². The Kier molecular flexibility index (Phi) is 2.92. The molecule has 0 bridgehead atoms. The SMILES string of the molecule is Cc1cc(-c2ccc(C3CNC(=O)C3)cc2)cs1. The van der Waals surface area contributed by atoms with E-state index in [1.165, 1.54) is 21.6 Å². The van der Waals surface area contributed by atoms with Gasteiger partial charge in [-0.2, -0.15) is 0 Å². The molecule has 1 saturated heterocycles. The van der Waals surface area contributed by atoms with Gasteiger partial charge in [0.1, 0.15) is 0 Å². The summed E-state index contributed by atoms with van der Waals surface area (Å²) in [5, 5.41) is 5.07. The molecular weight excluding hydrogens is 242 g/mol. The second-order valence-corrected chi connectivity index (χ2v) is 5.89. The number of aryl methyl sites for hydroxylation is 1. The van der Waals surface area contributed by atoms with Gasteiger partial charge in [0.25, 0.3) is 0 Å². The largest absolute Gasteiger partial charge is 0.355 e. The summed E-state index contributed by atoms with van der Waals surface area (Å²) in [6, 6.07) is 10.8. The van der Waals surface area contributed by atoms with Crippen LogP contribution < -0.4 is 5.32 Å². The Bertz CT molecular complexity index is 570. The molecule has 18 heavy (non-hydrogen) atoms. The number of nitrogens with one attached hydrogen (secondary N) is 1. The third-order valence-corrected chi connectivity index (χ3v) is 4.28. The molecule has 2 nitrogen and oxygen atoms in total. The van der Waals surface area contributed by atoms with Crippen LogP contribution in [0.2, 0.25) is 0 Å². The molecule has 3 rings (SSSR count). The number of hydrogen-bond donors (Lipinski definition) is 1. The first-order chi connectivity index (χ1) is 8.72. The third-order valence-electron chi connectivity index (χ3n) is 3.42. The van der Waals surface area contributed by atoms with Gasteiger partial charge in [0.15, 0.2) is 0 Å². The Morgan fingerprint density at radius 1 is 1.22 bits per heavy atom. The first-order valence-electron chi connectivity index (χ1n) is 6.14. The zero-order valence-corrected chi connectivity index (χ0v) is 11.1. The normalized spacial score (nSPS) is 18.9. The molecule has 1 unspecified atom stereocenters. The van der Waals surface area contributed by atoms with Crippen LogP contribution >= 0.6 is 11.3 Å². The first-order valence-corrected chi connectivity index (χ1v) is 7.02. The predicted octanol–water partition coefficient (Wildman–Crippen LogP) is 3.33. The van der Waals surface area contributed by atoms with Crippen LogP contribution in [0.5, 0.6) is 0 Å². The van der Waals surface area contributed by atoms with E-state index in [1.54, 1.807) is 11.3 Å². The van der Waals surface area contributed by atoms with Gasteiger partial charge in [0.05, 0.1) is 0 Å². The van der Waals surface area contributed by atoms with Gasteiger partial charge in [-0.1, -0.05) is 24.3 Å². The van der Waals surface area contributed by atoms with Crippen LogP contribution in [0.1, 0.15) is 22.8 Å². The van der Waals surface area contributed by atoms with Crippen LogP contribution in [-0.4, -0.2) is 12.5 Å². The maximum absolute atomic E-state index is 11.2. The second-order valence-electron chi connectivity index (χ2n) is 4.77. The van der Waals surface area contributed by atoms with E-state index in [1.807, 2.05) is 0 Å². The number of carbonyl (C=O) groups excluding carboxylic acids is 1. The van der Waals surface area contributed by atoms with Crippen LogP contribution in [0.25, 0.3) is 11.1 Å². The lowest BCUT2D eigenvalue weighted by molar-refractivity contribution is -0.119. The number of benzene rings is 1. The lowest BCUT2D eigenvalue weighted by Gasteiger charge is -2.08. The summed E-state index contributed by atoms with van der Waals surface area (Å²) >= 11 is 1.77. The van der Waals surface area contributed by atoms with Gasteiger partial charge < -0.3 is 5.32 Å². The first kappa shape index (κ1) is 11.5. The zero-order valence-electron chi connectivity index (χ0n) is 10.3. The van der Waals surface area contributed by atoms with Crippen molar-refractivity contribution >= 4 is 17.2 Å². The molecule has 1 aromatic carbocycles. The Morgan fingerprint density at radius 3 is 2.56 bits per heavy atom.